The standard InChI is InChI=1S/C19H26BrF2O5PS/c1-4-26-28(24,27-5-2)19(21,22)15-7-6-14(10-16(15)20)12-29-13-18(8-9-18)11-17(23)25-3/h6-7,10H,4-5,8-9,11-13H2,1-3H3. The van der Waals surface area contributed by atoms with Crippen LogP contribution in [0.25, 0.3) is 0 Å². The molecular weight excluding hydrogens is 489 g/mol. The van der Waals surface area contributed by atoms with Gasteiger partial charge in [0.15, 0.2) is 0 Å². The second-order valence-corrected chi connectivity index (χ2v) is 10.8. The van der Waals surface area contributed by atoms with Gasteiger partial charge in [-0.3, -0.25) is 9.36 Å². The first-order chi connectivity index (χ1) is 13.6. The zero-order valence-electron chi connectivity index (χ0n) is 16.7. The van der Waals surface area contributed by atoms with Gasteiger partial charge in [-0.05, 0) is 49.5 Å². The van der Waals surface area contributed by atoms with Crippen molar-refractivity contribution >= 4 is 41.3 Å². The highest BCUT2D eigenvalue weighted by Crippen LogP contribution is 2.67. The first-order valence-electron chi connectivity index (χ1n) is 9.33. The Morgan fingerprint density at radius 1 is 1.28 bits per heavy atom. The predicted octanol–water partition coefficient (Wildman–Crippen LogP) is 6.34. The number of esters is 1. The first-order valence-corrected chi connectivity index (χ1v) is 12.8. The van der Waals surface area contributed by atoms with Gasteiger partial charge >= 0.3 is 19.2 Å². The Morgan fingerprint density at radius 3 is 2.38 bits per heavy atom. The molecule has 1 aromatic carbocycles. The number of hydrogen-bond acceptors (Lipinski definition) is 6. The topological polar surface area (TPSA) is 61.8 Å². The molecule has 5 nitrogen and oxygen atoms in total. The number of rotatable bonds is 12. The molecule has 1 saturated carbocycles. The summed E-state index contributed by atoms with van der Waals surface area (Å²) in [5, 5.41) is 0. The quantitative estimate of drug-likeness (QED) is 0.239. The third-order valence-corrected chi connectivity index (χ3v) is 8.82. The number of carbonyl (C=O) groups is 1. The van der Waals surface area contributed by atoms with E-state index in [1.807, 2.05) is 0 Å². The summed E-state index contributed by atoms with van der Waals surface area (Å²) in [7, 11) is -3.27. The molecule has 0 aliphatic heterocycles. The van der Waals surface area contributed by atoms with E-state index >= 15 is 0 Å². The third-order valence-electron chi connectivity index (χ3n) is 4.68. The molecule has 0 N–H and O–H groups in total. The average molecular weight is 515 g/mol. The van der Waals surface area contributed by atoms with E-state index in [-0.39, 0.29) is 29.1 Å². The van der Waals surface area contributed by atoms with Crippen molar-refractivity contribution in [1.82, 2.24) is 0 Å². The summed E-state index contributed by atoms with van der Waals surface area (Å²) in [5.41, 5.74) is -3.36. The van der Waals surface area contributed by atoms with Gasteiger partial charge in [0.05, 0.1) is 26.7 Å². The largest absolute Gasteiger partial charge is 0.469 e. The Morgan fingerprint density at radius 2 is 1.90 bits per heavy atom. The number of benzene rings is 1. The Hall–Kier alpha value is -0.470. The molecule has 1 aliphatic carbocycles. The second kappa shape index (κ2) is 10.2. The first kappa shape index (κ1) is 24.8. The fraction of sp³-hybridized carbons (Fsp3) is 0.632. The molecule has 1 aromatic rings. The molecular formula is C19H26BrF2O5PS. The van der Waals surface area contributed by atoms with Crippen molar-refractivity contribution in [2.24, 2.45) is 5.41 Å². The molecule has 1 aliphatic rings. The summed E-state index contributed by atoms with van der Waals surface area (Å²) in [6.45, 7) is 2.69. The van der Waals surface area contributed by atoms with Crippen LogP contribution in [0.4, 0.5) is 8.78 Å². The number of halogens is 3. The zero-order chi connectivity index (χ0) is 21.7. The minimum absolute atomic E-state index is 0.00356. The molecule has 0 spiro atoms. The second-order valence-electron chi connectivity index (χ2n) is 6.93. The minimum Gasteiger partial charge on any atom is -0.469 e. The summed E-state index contributed by atoms with van der Waals surface area (Å²) in [6, 6.07) is 4.44. The minimum atomic E-state index is -4.65. The van der Waals surface area contributed by atoms with Crippen molar-refractivity contribution in [2.45, 2.75) is 44.5 Å². The Labute approximate surface area is 182 Å². The molecule has 10 heteroatoms. The maximum absolute atomic E-state index is 15.0. The van der Waals surface area contributed by atoms with Gasteiger partial charge in [-0.15, -0.1) is 0 Å². The molecule has 0 unspecified atom stereocenters. The summed E-state index contributed by atoms with van der Waals surface area (Å²) < 4.78 is 57.1. The summed E-state index contributed by atoms with van der Waals surface area (Å²) in [5.74, 6) is 1.22. The smallest absolute Gasteiger partial charge is 0.404 e. The Kier molecular flexibility index (Phi) is 8.74. The van der Waals surface area contributed by atoms with Gasteiger partial charge in [-0.25, -0.2) is 0 Å². The van der Waals surface area contributed by atoms with E-state index in [9.17, 15) is 18.1 Å². The predicted molar refractivity (Wildman–Crippen MR) is 113 cm³/mol. The van der Waals surface area contributed by atoms with Crippen LogP contribution in [0.2, 0.25) is 0 Å². The lowest BCUT2D eigenvalue weighted by atomic mass is 10.1. The van der Waals surface area contributed by atoms with Crippen molar-refractivity contribution < 1.29 is 31.9 Å². The van der Waals surface area contributed by atoms with Crippen molar-refractivity contribution in [1.29, 1.82) is 0 Å². The van der Waals surface area contributed by atoms with Crippen LogP contribution >= 0.6 is 35.3 Å². The number of thioether (sulfide) groups is 1. The summed E-state index contributed by atoms with van der Waals surface area (Å²) in [6.07, 6.45) is 2.40. The van der Waals surface area contributed by atoms with Gasteiger partial charge in [-0.1, -0.05) is 28.1 Å². The third kappa shape index (κ3) is 6.03. The molecule has 0 bridgehead atoms. The fourth-order valence-electron chi connectivity index (χ4n) is 2.89. The van der Waals surface area contributed by atoms with Gasteiger partial charge in [0.2, 0.25) is 0 Å². The molecule has 164 valence electrons. The molecule has 2 rings (SSSR count). The van der Waals surface area contributed by atoms with E-state index in [1.54, 1.807) is 23.9 Å². The van der Waals surface area contributed by atoms with E-state index in [0.29, 0.717) is 12.2 Å². The Balaban J connectivity index is 2.06. The maximum atomic E-state index is 15.0. The van der Waals surface area contributed by atoms with Gasteiger partial charge in [0.25, 0.3) is 0 Å². The van der Waals surface area contributed by atoms with Gasteiger partial charge in [0.1, 0.15) is 0 Å². The van der Waals surface area contributed by atoms with Gasteiger partial charge in [0, 0.05) is 15.8 Å². The van der Waals surface area contributed by atoms with Crippen LogP contribution in [0.15, 0.2) is 22.7 Å². The normalized spacial score (nSPS) is 15.9. The van der Waals surface area contributed by atoms with E-state index in [2.05, 4.69) is 15.9 Å². The molecule has 0 aromatic heterocycles. The van der Waals surface area contributed by atoms with Crippen LogP contribution in [0.1, 0.15) is 44.2 Å². The van der Waals surface area contributed by atoms with Crippen molar-refractivity contribution in [3.63, 3.8) is 0 Å². The van der Waals surface area contributed by atoms with Crippen LogP contribution in [0.3, 0.4) is 0 Å². The number of ether oxygens (including phenoxy) is 1. The fourth-order valence-corrected chi connectivity index (χ4v) is 6.63. The number of methoxy groups -OCH3 is 1. The van der Waals surface area contributed by atoms with E-state index in [0.717, 1.165) is 24.2 Å². The van der Waals surface area contributed by atoms with Crippen molar-refractivity contribution in [3.8, 4) is 0 Å². The zero-order valence-corrected chi connectivity index (χ0v) is 20.0. The van der Waals surface area contributed by atoms with Crippen LogP contribution < -0.4 is 0 Å². The maximum Gasteiger partial charge on any atom is 0.404 e. The molecule has 0 radical (unpaired) electrons. The lowest BCUT2D eigenvalue weighted by molar-refractivity contribution is -0.141. The monoisotopic (exact) mass is 514 g/mol. The van der Waals surface area contributed by atoms with Crippen molar-refractivity contribution in [3.05, 3.63) is 33.8 Å². The van der Waals surface area contributed by atoms with Gasteiger partial charge < -0.3 is 13.8 Å². The van der Waals surface area contributed by atoms with Crippen LogP contribution in [0.5, 0.6) is 0 Å². The Bertz CT molecular complexity index is 763. The lowest BCUT2D eigenvalue weighted by Crippen LogP contribution is -2.19. The molecule has 0 atom stereocenters. The number of carbonyl (C=O) groups excluding carboxylic acids is 1. The van der Waals surface area contributed by atoms with Crippen LogP contribution in [-0.2, 0) is 34.6 Å². The van der Waals surface area contributed by atoms with E-state index in [1.165, 1.54) is 27.0 Å². The highest BCUT2D eigenvalue weighted by atomic mass is 79.9. The SMILES string of the molecule is CCOP(=O)(OCC)C(F)(F)c1ccc(CSCC2(CC(=O)OC)CC2)cc1Br. The van der Waals surface area contributed by atoms with Gasteiger partial charge in [-0.2, -0.15) is 20.5 Å². The molecule has 1 fully saturated rings. The highest BCUT2D eigenvalue weighted by Gasteiger charge is 2.55. The molecule has 0 amide bonds. The summed E-state index contributed by atoms with van der Waals surface area (Å²) >= 11 is 4.83. The average Bonchev–Trinajstić information content (AvgIpc) is 3.41. The lowest BCUT2D eigenvalue weighted by Gasteiger charge is -2.26. The summed E-state index contributed by atoms with van der Waals surface area (Å²) in [4.78, 5) is 11.5. The van der Waals surface area contributed by atoms with Crippen LogP contribution in [-0.4, -0.2) is 32.0 Å². The van der Waals surface area contributed by atoms with E-state index < -0.39 is 18.8 Å². The van der Waals surface area contributed by atoms with Crippen LogP contribution in [0, 0.1) is 5.41 Å². The number of hydrogen-bond donors (Lipinski definition) is 0. The molecule has 0 saturated heterocycles. The molecule has 0 heterocycles. The highest BCUT2D eigenvalue weighted by molar-refractivity contribution is 9.10. The number of alkyl halides is 2. The van der Waals surface area contributed by atoms with Crippen molar-refractivity contribution in [2.75, 3.05) is 26.1 Å². The van der Waals surface area contributed by atoms with E-state index in [4.69, 9.17) is 13.8 Å². The molecule has 29 heavy (non-hydrogen) atoms.